The van der Waals surface area contributed by atoms with Crippen molar-refractivity contribution in [2.45, 2.75) is 6.92 Å². The molecule has 0 unspecified atom stereocenters. The summed E-state index contributed by atoms with van der Waals surface area (Å²) in [5, 5.41) is 8.03. The normalized spacial score (nSPS) is 10.9. The Labute approximate surface area is 164 Å². The van der Waals surface area contributed by atoms with Crippen LogP contribution < -0.4 is 10.2 Å². The van der Waals surface area contributed by atoms with Crippen LogP contribution in [0.15, 0.2) is 58.2 Å². The lowest BCUT2D eigenvalue weighted by Crippen LogP contribution is -2.18. The van der Waals surface area contributed by atoms with E-state index in [0.717, 1.165) is 20.4 Å². The maximum atomic E-state index is 12.5. The van der Waals surface area contributed by atoms with E-state index < -0.39 is 0 Å². The van der Waals surface area contributed by atoms with Crippen molar-refractivity contribution in [1.29, 1.82) is 0 Å². The van der Waals surface area contributed by atoms with Crippen molar-refractivity contribution < 1.29 is 14.1 Å². The number of methoxy groups -OCH3 is 1. The summed E-state index contributed by atoms with van der Waals surface area (Å²) in [5.41, 5.74) is 5.05. The number of hydrogen-bond donors (Lipinski definition) is 1. The predicted octanol–water partition coefficient (Wildman–Crippen LogP) is 4.03. The molecule has 2 aromatic carbocycles. The summed E-state index contributed by atoms with van der Waals surface area (Å²) >= 11 is 2.18. The first-order valence-corrected chi connectivity index (χ1v) is 8.86. The monoisotopic (exact) mass is 461 g/mol. The molecule has 1 heterocycles. The van der Waals surface area contributed by atoms with Crippen LogP contribution in [-0.4, -0.2) is 24.4 Å². The van der Waals surface area contributed by atoms with E-state index in [9.17, 15) is 4.79 Å². The van der Waals surface area contributed by atoms with Gasteiger partial charge in [0.15, 0.2) is 0 Å². The number of halogens is 1. The van der Waals surface area contributed by atoms with Gasteiger partial charge in [0.2, 0.25) is 0 Å². The van der Waals surface area contributed by atoms with Crippen LogP contribution in [0, 0.1) is 10.5 Å². The number of aryl methyl sites for hydroxylation is 1. The number of rotatable bonds is 5. The van der Waals surface area contributed by atoms with Gasteiger partial charge >= 0.3 is 0 Å². The van der Waals surface area contributed by atoms with Crippen molar-refractivity contribution in [2.24, 2.45) is 5.10 Å². The lowest BCUT2D eigenvalue weighted by atomic mass is 10.1. The molecule has 0 fully saturated rings. The van der Waals surface area contributed by atoms with E-state index in [1.54, 1.807) is 20.2 Å². The number of benzene rings is 2. The van der Waals surface area contributed by atoms with Crippen molar-refractivity contribution >= 4 is 34.7 Å². The van der Waals surface area contributed by atoms with Gasteiger partial charge in [-0.15, -0.1) is 0 Å². The zero-order chi connectivity index (χ0) is 18.5. The lowest BCUT2D eigenvalue weighted by molar-refractivity contribution is 0.0954. The summed E-state index contributed by atoms with van der Waals surface area (Å²) in [6.45, 7) is 1.70. The number of carbonyl (C=O) groups is 1. The highest BCUT2D eigenvalue weighted by molar-refractivity contribution is 14.1. The van der Waals surface area contributed by atoms with Crippen LogP contribution in [0.4, 0.5) is 0 Å². The number of hydrazone groups is 1. The molecule has 0 aliphatic rings. The average Bonchev–Trinajstić information content (AvgIpc) is 3.04. The average molecular weight is 461 g/mol. The Balaban J connectivity index is 1.77. The van der Waals surface area contributed by atoms with Crippen LogP contribution in [0.5, 0.6) is 5.75 Å². The molecule has 1 aromatic heterocycles. The maximum absolute atomic E-state index is 12.5. The van der Waals surface area contributed by atoms with Crippen molar-refractivity contribution in [3.05, 3.63) is 69.0 Å². The molecule has 3 aromatic rings. The number of nitrogens with zero attached hydrogens (tertiary/aromatic N) is 2. The van der Waals surface area contributed by atoms with Gasteiger partial charge < -0.3 is 9.26 Å². The largest absolute Gasteiger partial charge is 0.496 e. The Kier molecular flexibility index (Phi) is 5.67. The number of ether oxygens (including phenoxy) is 1. The fraction of sp³-hybridized carbons (Fsp3) is 0.105. The second-order valence-corrected chi connectivity index (χ2v) is 6.58. The Morgan fingerprint density at radius 3 is 2.73 bits per heavy atom. The van der Waals surface area contributed by atoms with E-state index in [4.69, 9.17) is 9.26 Å². The molecule has 0 aliphatic carbocycles. The van der Waals surface area contributed by atoms with E-state index in [1.807, 2.05) is 48.5 Å². The lowest BCUT2D eigenvalue weighted by Gasteiger charge is -2.03. The van der Waals surface area contributed by atoms with Gasteiger partial charge in [0.1, 0.15) is 22.8 Å². The number of aromatic nitrogens is 1. The summed E-state index contributed by atoms with van der Waals surface area (Å²) in [5.74, 6) is 0.858. The van der Waals surface area contributed by atoms with Crippen LogP contribution in [0.3, 0.4) is 0 Å². The standard InChI is InChI=1S/C19H16IN3O3/c1-12-17(18(23-26-12)14-6-4-3-5-7-14)19(24)22-21-11-13-8-9-16(25-2)15(20)10-13/h3-11H,1-2H3,(H,22,24). The summed E-state index contributed by atoms with van der Waals surface area (Å²) in [6, 6.07) is 15.0. The Hall–Kier alpha value is -2.68. The van der Waals surface area contributed by atoms with Gasteiger partial charge in [-0.05, 0) is 53.3 Å². The van der Waals surface area contributed by atoms with Gasteiger partial charge in [0, 0.05) is 5.56 Å². The molecule has 3 rings (SSSR count). The SMILES string of the molecule is COc1ccc(C=NNC(=O)c2c(-c3ccccc3)noc2C)cc1I. The molecular weight excluding hydrogens is 445 g/mol. The Morgan fingerprint density at radius 1 is 1.27 bits per heavy atom. The molecular formula is C19H16IN3O3. The van der Waals surface area contributed by atoms with Crippen molar-refractivity contribution in [3.63, 3.8) is 0 Å². The first-order chi connectivity index (χ1) is 12.6. The minimum absolute atomic E-state index is 0.373. The van der Waals surface area contributed by atoms with Crippen LogP contribution in [-0.2, 0) is 0 Å². The molecule has 7 heteroatoms. The van der Waals surface area contributed by atoms with Crippen LogP contribution in [0.1, 0.15) is 21.7 Å². The molecule has 0 saturated heterocycles. The molecule has 1 amide bonds. The zero-order valence-corrected chi connectivity index (χ0v) is 16.4. The number of hydrogen-bond acceptors (Lipinski definition) is 5. The summed E-state index contributed by atoms with van der Waals surface area (Å²) in [4.78, 5) is 12.5. The third-order valence-corrected chi connectivity index (χ3v) is 4.54. The number of amides is 1. The van der Waals surface area contributed by atoms with Gasteiger partial charge in [-0.25, -0.2) is 5.43 Å². The zero-order valence-electron chi connectivity index (χ0n) is 14.2. The van der Waals surface area contributed by atoms with Crippen molar-refractivity contribution in [3.8, 4) is 17.0 Å². The van der Waals surface area contributed by atoms with Crippen molar-refractivity contribution in [2.75, 3.05) is 7.11 Å². The molecule has 0 spiro atoms. The second-order valence-electron chi connectivity index (χ2n) is 5.42. The van der Waals surface area contributed by atoms with Crippen molar-refractivity contribution in [1.82, 2.24) is 10.6 Å². The highest BCUT2D eigenvalue weighted by Gasteiger charge is 2.21. The van der Waals surface area contributed by atoms with E-state index >= 15 is 0 Å². The first kappa shape index (κ1) is 18.1. The molecule has 0 saturated carbocycles. The summed E-state index contributed by atoms with van der Waals surface area (Å²) < 4.78 is 11.4. The molecule has 0 atom stereocenters. The van der Waals surface area contributed by atoms with E-state index in [1.165, 1.54) is 0 Å². The number of carbonyl (C=O) groups excluding carboxylic acids is 1. The minimum atomic E-state index is -0.373. The second kappa shape index (κ2) is 8.13. The van der Waals surface area contributed by atoms with Gasteiger partial charge in [-0.1, -0.05) is 35.5 Å². The van der Waals surface area contributed by atoms with E-state index in [-0.39, 0.29) is 5.91 Å². The third kappa shape index (κ3) is 3.93. The molecule has 0 bridgehead atoms. The molecule has 6 nitrogen and oxygen atoms in total. The summed E-state index contributed by atoms with van der Waals surface area (Å²) in [7, 11) is 1.62. The van der Waals surface area contributed by atoms with E-state index in [0.29, 0.717) is 17.0 Å². The number of nitrogens with one attached hydrogen (secondary N) is 1. The Morgan fingerprint density at radius 2 is 2.04 bits per heavy atom. The predicted molar refractivity (Wildman–Crippen MR) is 107 cm³/mol. The first-order valence-electron chi connectivity index (χ1n) is 7.78. The topological polar surface area (TPSA) is 76.7 Å². The molecule has 0 radical (unpaired) electrons. The Bertz CT molecular complexity index is 952. The molecule has 132 valence electrons. The van der Waals surface area contributed by atoms with Gasteiger partial charge in [0.05, 0.1) is 16.9 Å². The molecule has 0 aliphatic heterocycles. The third-order valence-electron chi connectivity index (χ3n) is 3.69. The quantitative estimate of drug-likeness (QED) is 0.354. The van der Waals surface area contributed by atoms with E-state index in [2.05, 4.69) is 38.3 Å². The fourth-order valence-electron chi connectivity index (χ4n) is 2.42. The van der Waals surface area contributed by atoms with Crippen LogP contribution >= 0.6 is 22.6 Å². The fourth-order valence-corrected chi connectivity index (χ4v) is 3.18. The molecule has 1 N–H and O–H groups in total. The maximum Gasteiger partial charge on any atom is 0.277 e. The van der Waals surface area contributed by atoms with Crippen LogP contribution in [0.2, 0.25) is 0 Å². The minimum Gasteiger partial charge on any atom is -0.496 e. The highest BCUT2D eigenvalue weighted by Crippen LogP contribution is 2.25. The van der Waals surface area contributed by atoms with Crippen LogP contribution in [0.25, 0.3) is 11.3 Å². The smallest absolute Gasteiger partial charge is 0.277 e. The van der Waals surface area contributed by atoms with Gasteiger partial charge in [0.25, 0.3) is 5.91 Å². The van der Waals surface area contributed by atoms with Gasteiger partial charge in [-0.3, -0.25) is 4.79 Å². The highest BCUT2D eigenvalue weighted by atomic mass is 127. The van der Waals surface area contributed by atoms with Gasteiger partial charge in [-0.2, -0.15) is 5.10 Å². The summed E-state index contributed by atoms with van der Waals surface area (Å²) in [6.07, 6.45) is 1.57. The molecule has 26 heavy (non-hydrogen) atoms.